The van der Waals surface area contributed by atoms with Gasteiger partial charge in [0.1, 0.15) is 0 Å². The first-order valence-corrected chi connectivity index (χ1v) is 7.95. The Balaban J connectivity index is 1.76. The van der Waals surface area contributed by atoms with Gasteiger partial charge in [0.25, 0.3) is 0 Å². The zero-order chi connectivity index (χ0) is 13.9. The molecule has 1 saturated carbocycles. The molecule has 0 unspecified atom stereocenters. The predicted octanol–water partition coefficient (Wildman–Crippen LogP) is 2.62. The van der Waals surface area contributed by atoms with Gasteiger partial charge >= 0.3 is 0 Å². The predicted molar refractivity (Wildman–Crippen MR) is 80.4 cm³/mol. The maximum Gasteiger partial charge on any atom is 0.0762 e. The first-order chi connectivity index (χ1) is 9.74. The summed E-state index contributed by atoms with van der Waals surface area (Å²) in [6.45, 7) is 2.12. The van der Waals surface area contributed by atoms with Gasteiger partial charge in [-0.05, 0) is 46.3 Å². The topological polar surface area (TPSA) is 32.3 Å². The second-order valence-electron chi connectivity index (χ2n) is 6.51. The third kappa shape index (κ3) is 3.01. The van der Waals surface area contributed by atoms with Crippen LogP contribution in [0.4, 0.5) is 0 Å². The first-order valence-electron chi connectivity index (χ1n) is 7.95. The van der Waals surface area contributed by atoms with Crippen LogP contribution in [-0.2, 0) is 6.54 Å². The van der Waals surface area contributed by atoms with Crippen molar-refractivity contribution in [1.29, 1.82) is 0 Å². The van der Waals surface area contributed by atoms with Gasteiger partial charge in [-0.3, -0.25) is 14.9 Å². The largest absolute Gasteiger partial charge is 0.304 e. The molecule has 4 nitrogen and oxygen atoms in total. The summed E-state index contributed by atoms with van der Waals surface area (Å²) in [4.78, 5) is 14.2. The molecule has 3 rings (SSSR count). The van der Waals surface area contributed by atoms with Crippen molar-refractivity contribution in [2.45, 2.75) is 57.2 Å². The molecule has 0 N–H and O–H groups in total. The molecular formula is C16H26N4. The highest BCUT2D eigenvalue weighted by Crippen LogP contribution is 2.37. The Hall–Kier alpha value is -1.00. The molecule has 4 heteroatoms. The molecule has 110 valence electrons. The summed E-state index contributed by atoms with van der Waals surface area (Å²) < 4.78 is 0. The molecule has 20 heavy (non-hydrogen) atoms. The third-order valence-corrected chi connectivity index (χ3v) is 4.61. The Morgan fingerprint density at radius 1 is 1.15 bits per heavy atom. The van der Waals surface area contributed by atoms with E-state index in [4.69, 9.17) is 4.98 Å². The first kappa shape index (κ1) is 14.0. The van der Waals surface area contributed by atoms with E-state index < -0.39 is 0 Å². The standard InChI is InChI=1S/C16H26N4/c1-19(2)12-13-10-17-11-15(18-13)16-8-5-9-20(16)14-6-3-4-7-14/h10-11,14,16H,3-9,12H2,1-2H3/t16-/m0/s1. The highest BCUT2D eigenvalue weighted by molar-refractivity contribution is 5.10. The van der Waals surface area contributed by atoms with Crippen LogP contribution in [0.1, 0.15) is 56.0 Å². The van der Waals surface area contributed by atoms with Crippen LogP contribution in [0.15, 0.2) is 12.4 Å². The monoisotopic (exact) mass is 274 g/mol. The Kier molecular flexibility index (Phi) is 4.32. The van der Waals surface area contributed by atoms with Crippen molar-refractivity contribution < 1.29 is 0 Å². The smallest absolute Gasteiger partial charge is 0.0762 e. The van der Waals surface area contributed by atoms with Crippen molar-refractivity contribution in [2.75, 3.05) is 20.6 Å². The molecule has 2 heterocycles. The minimum absolute atomic E-state index is 0.507. The van der Waals surface area contributed by atoms with Crippen molar-refractivity contribution in [3.63, 3.8) is 0 Å². The molecular weight excluding hydrogens is 248 g/mol. The Labute approximate surface area is 122 Å². The van der Waals surface area contributed by atoms with E-state index in [0.29, 0.717) is 6.04 Å². The van der Waals surface area contributed by atoms with Crippen LogP contribution in [0.25, 0.3) is 0 Å². The van der Waals surface area contributed by atoms with E-state index in [1.54, 1.807) is 0 Å². The maximum atomic E-state index is 4.87. The SMILES string of the molecule is CN(C)Cc1cncc([C@@H]2CCCN2C2CCCC2)n1. The summed E-state index contributed by atoms with van der Waals surface area (Å²) in [6.07, 6.45) is 12.0. The number of aromatic nitrogens is 2. The quantitative estimate of drug-likeness (QED) is 0.845. The second kappa shape index (κ2) is 6.19. The number of likely N-dealkylation sites (tertiary alicyclic amines) is 1. The summed E-state index contributed by atoms with van der Waals surface area (Å²) in [6, 6.07) is 1.30. The Bertz CT molecular complexity index is 440. The molecule has 1 aromatic heterocycles. The van der Waals surface area contributed by atoms with Gasteiger partial charge in [0.15, 0.2) is 0 Å². The minimum atomic E-state index is 0.507. The number of hydrogen-bond donors (Lipinski definition) is 0. The fraction of sp³-hybridized carbons (Fsp3) is 0.750. The number of nitrogens with zero attached hydrogens (tertiary/aromatic N) is 4. The highest BCUT2D eigenvalue weighted by Gasteiger charge is 2.34. The van der Waals surface area contributed by atoms with Gasteiger partial charge in [0, 0.05) is 25.0 Å². The average molecular weight is 274 g/mol. The van der Waals surface area contributed by atoms with Crippen LogP contribution in [0, 0.1) is 0 Å². The van der Waals surface area contributed by atoms with Gasteiger partial charge in [0.05, 0.1) is 17.4 Å². The fourth-order valence-electron chi connectivity index (χ4n) is 3.76. The Morgan fingerprint density at radius 2 is 1.95 bits per heavy atom. The molecule has 0 amide bonds. The van der Waals surface area contributed by atoms with Gasteiger partial charge in [-0.2, -0.15) is 0 Å². The summed E-state index contributed by atoms with van der Waals surface area (Å²) in [5, 5.41) is 0. The lowest BCUT2D eigenvalue weighted by atomic mass is 10.1. The third-order valence-electron chi connectivity index (χ3n) is 4.61. The molecule has 0 spiro atoms. The normalized spacial score (nSPS) is 24.9. The molecule has 0 radical (unpaired) electrons. The van der Waals surface area contributed by atoms with E-state index in [1.165, 1.54) is 50.8 Å². The van der Waals surface area contributed by atoms with Gasteiger partial charge < -0.3 is 4.90 Å². The van der Waals surface area contributed by atoms with Crippen molar-refractivity contribution in [3.05, 3.63) is 23.8 Å². The zero-order valence-electron chi connectivity index (χ0n) is 12.8. The molecule has 2 fully saturated rings. The maximum absolute atomic E-state index is 4.87. The van der Waals surface area contributed by atoms with Gasteiger partial charge in [0.2, 0.25) is 0 Å². The highest BCUT2D eigenvalue weighted by atomic mass is 15.2. The summed E-state index contributed by atoms with van der Waals surface area (Å²) in [7, 11) is 4.16. The zero-order valence-corrected chi connectivity index (χ0v) is 12.8. The molecule has 1 aromatic rings. The minimum Gasteiger partial charge on any atom is -0.304 e. The molecule has 1 saturated heterocycles. The van der Waals surface area contributed by atoms with E-state index in [9.17, 15) is 0 Å². The number of rotatable bonds is 4. The van der Waals surface area contributed by atoms with Crippen molar-refractivity contribution in [3.8, 4) is 0 Å². The molecule has 1 atom stereocenters. The Morgan fingerprint density at radius 3 is 2.70 bits per heavy atom. The summed E-state index contributed by atoms with van der Waals surface area (Å²) in [5.74, 6) is 0. The van der Waals surface area contributed by atoms with Crippen LogP contribution in [0.3, 0.4) is 0 Å². The average Bonchev–Trinajstić information content (AvgIpc) is 3.09. The van der Waals surface area contributed by atoms with E-state index >= 15 is 0 Å². The molecule has 0 aromatic carbocycles. The molecule has 1 aliphatic carbocycles. The van der Waals surface area contributed by atoms with Crippen LogP contribution in [0.5, 0.6) is 0 Å². The van der Waals surface area contributed by atoms with Crippen molar-refractivity contribution >= 4 is 0 Å². The van der Waals surface area contributed by atoms with Crippen molar-refractivity contribution in [1.82, 2.24) is 19.8 Å². The van der Waals surface area contributed by atoms with Crippen LogP contribution in [0.2, 0.25) is 0 Å². The molecule has 0 bridgehead atoms. The lowest BCUT2D eigenvalue weighted by Crippen LogP contribution is -2.33. The molecule has 2 aliphatic rings. The van der Waals surface area contributed by atoms with E-state index in [2.05, 4.69) is 28.9 Å². The summed E-state index contributed by atoms with van der Waals surface area (Å²) in [5.41, 5.74) is 2.28. The van der Waals surface area contributed by atoms with E-state index in [1.807, 2.05) is 12.4 Å². The number of hydrogen-bond acceptors (Lipinski definition) is 4. The van der Waals surface area contributed by atoms with Gasteiger partial charge in [-0.1, -0.05) is 12.8 Å². The van der Waals surface area contributed by atoms with E-state index in [-0.39, 0.29) is 0 Å². The lowest BCUT2D eigenvalue weighted by molar-refractivity contribution is 0.179. The van der Waals surface area contributed by atoms with E-state index in [0.717, 1.165) is 18.3 Å². The van der Waals surface area contributed by atoms with Crippen molar-refractivity contribution in [2.24, 2.45) is 0 Å². The lowest BCUT2D eigenvalue weighted by Gasteiger charge is -2.30. The second-order valence-corrected chi connectivity index (χ2v) is 6.51. The molecule has 1 aliphatic heterocycles. The van der Waals surface area contributed by atoms with Gasteiger partial charge in [-0.25, -0.2) is 0 Å². The van der Waals surface area contributed by atoms with Crippen LogP contribution in [-0.4, -0.2) is 46.4 Å². The summed E-state index contributed by atoms with van der Waals surface area (Å²) >= 11 is 0. The van der Waals surface area contributed by atoms with Crippen LogP contribution < -0.4 is 0 Å². The van der Waals surface area contributed by atoms with Gasteiger partial charge in [-0.15, -0.1) is 0 Å². The fourth-order valence-corrected chi connectivity index (χ4v) is 3.76. The van der Waals surface area contributed by atoms with Crippen LogP contribution >= 0.6 is 0 Å².